The summed E-state index contributed by atoms with van der Waals surface area (Å²) in [6.07, 6.45) is 0. The molecule has 1 fully saturated rings. The molecule has 0 aromatic heterocycles. The Kier molecular flexibility index (Phi) is 7.05. The lowest BCUT2D eigenvalue weighted by atomic mass is 10.1. The van der Waals surface area contributed by atoms with Crippen molar-refractivity contribution in [1.29, 1.82) is 0 Å². The number of nitrogens with one attached hydrogen (secondary N) is 1. The number of carbonyl (C=O) groups excluding carboxylic acids is 1. The topological polar surface area (TPSA) is 69.7 Å². The minimum absolute atomic E-state index is 0.0509. The highest BCUT2D eigenvalue weighted by Crippen LogP contribution is 2.18. The van der Waals surface area contributed by atoms with Gasteiger partial charge in [-0.05, 0) is 35.7 Å². The number of rotatable bonds is 7. The average Bonchev–Trinajstić information content (AvgIpc) is 2.73. The van der Waals surface area contributed by atoms with Gasteiger partial charge < -0.3 is 5.32 Å². The van der Waals surface area contributed by atoms with E-state index in [-0.39, 0.29) is 5.91 Å². The molecule has 7 heteroatoms. The van der Waals surface area contributed by atoms with Crippen LogP contribution >= 0.6 is 0 Å². The second-order valence-electron chi connectivity index (χ2n) is 7.79. The van der Waals surface area contributed by atoms with E-state index in [1.807, 2.05) is 30.3 Å². The molecule has 1 amide bonds. The molecule has 0 atom stereocenters. The summed E-state index contributed by atoms with van der Waals surface area (Å²) in [5.74, 6) is 0.368. The second-order valence-corrected chi connectivity index (χ2v) is 9.73. The quantitative estimate of drug-likeness (QED) is 0.755. The zero-order valence-electron chi connectivity index (χ0n) is 17.0. The number of hydrogen-bond acceptors (Lipinski definition) is 4. The molecule has 6 nitrogen and oxygen atoms in total. The van der Waals surface area contributed by atoms with Crippen LogP contribution in [0.5, 0.6) is 0 Å². The van der Waals surface area contributed by atoms with Crippen LogP contribution in [-0.4, -0.2) is 56.3 Å². The molecule has 0 aliphatic carbocycles. The van der Waals surface area contributed by atoms with Crippen LogP contribution in [0.15, 0.2) is 59.5 Å². The standard InChI is InChI=1S/C22H29N3O3S/c1-18(2)16-23-22(26)20-10-8-19(9-11-20)17-24-12-14-25(15-13-24)29(27,28)21-6-4-3-5-7-21/h3-11,18H,12-17H2,1-2H3,(H,23,26). The van der Waals surface area contributed by atoms with Crippen molar-refractivity contribution in [1.82, 2.24) is 14.5 Å². The third-order valence-corrected chi connectivity index (χ3v) is 6.92. The molecule has 0 spiro atoms. The molecule has 1 heterocycles. The van der Waals surface area contributed by atoms with Crippen LogP contribution in [0.4, 0.5) is 0 Å². The molecule has 0 saturated carbocycles. The molecule has 1 aliphatic heterocycles. The van der Waals surface area contributed by atoms with Crippen molar-refractivity contribution in [3.63, 3.8) is 0 Å². The van der Waals surface area contributed by atoms with E-state index in [2.05, 4.69) is 24.1 Å². The largest absolute Gasteiger partial charge is 0.352 e. The molecule has 3 rings (SSSR count). The fraction of sp³-hybridized carbons (Fsp3) is 0.409. The number of piperazine rings is 1. The summed E-state index contributed by atoms with van der Waals surface area (Å²) < 4.78 is 27.0. The lowest BCUT2D eigenvalue weighted by Gasteiger charge is -2.34. The Labute approximate surface area is 173 Å². The minimum Gasteiger partial charge on any atom is -0.352 e. The lowest BCUT2D eigenvalue weighted by Crippen LogP contribution is -2.48. The van der Waals surface area contributed by atoms with Crippen molar-refractivity contribution in [2.45, 2.75) is 25.3 Å². The average molecular weight is 416 g/mol. The van der Waals surface area contributed by atoms with Crippen LogP contribution in [0.2, 0.25) is 0 Å². The fourth-order valence-electron chi connectivity index (χ4n) is 3.29. The summed E-state index contributed by atoms with van der Waals surface area (Å²) in [6, 6.07) is 16.2. The van der Waals surface area contributed by atoms with Crippen LogP contribution in [0.1, 0.15) is 29.8 Å². The first kappa shape index (κ1) is 21.5. The second kappa shape index (κ2) is 9.52. The first-order valence-electron chi connectivity index (χ1n) is 10.0. The summed E-state index contributed by atoms with van der Waals surface area (Å²) in [5.41, 5.74) is 1.78. The highest BCUT2D eigenvalue weighted by Gasteiger charge is 2.28. The number of benzene rings is 2. The molecule has 2 aromatic carbocycles. The summed E-state index contributed by atoms with van der Waals surface area (Å²) >= 11 is 0. The maximum absolute atomic E-state index is 12.7. The Bertz CT molecular complexity index is 904. The molecule has 2 aromatic rings. The van der Waals surface area contributed by atoms with Crippen LogP contribution in [0.25, 0.3) is 0 Å². The van der Waals surface area contributed by atoms with Gasteiger partial charge in [-0.2, -0.15) is 4.31 Å². The highest BCUT2D eigenvalue weighted by atomic mass is 32.2. The third kappa shape index (κ3) is 5.65. The van der Waals surface area contributed by atoms with Gasteiger partial charge in [0.15, 0.2) is 0 Å². The number of amides is 1. The van der Waals surface area contributed by atoms with E-state index in [9.17, 15) is 13.2 Å². The van der Waals surface area contributed by atoms with Gasteiger partial charge >= 0.3 is 0 Å². The van der Waals surface area contributed by atoms with Crippen molar-refractivity contribution < 1.29 is 13.2 Å². The van der Waals surface area contributed by atoms with Crippen LogP contribution < -0.4 is 5.32 Å². The SMILES string of the molecule is CC(C)CNC(=O)c1ccc(CN2CCN(S(=O)(=O)c3ccccc3)CC2)cc1. The van der Waals surface area contributed by atoms with E-state index in [4.69, 9.17) is 0 Å². The molecule has 0 unspecified atom stereocenters. The zero-order valence-corrected chi connectivity index (χ0v) is 17.9. The lowest BCUT2D eigenvalue weighted by molar-refractivity contribution is 0.0949. The molecule has 29 heavy (non-hydrogen) atoms. The van der Waals surface area contributed by atoms with Gasteiger partial charge in [0.1, 0.15) is 0 Å². The molecule has 0 bridgehead atoms. The predicted molar refractivity (Wildman–Crippen MR) is 114 cm³/mol. The van der Waals surface area contributed by atoms with E-state index in [0.717, 1.165) is 12.1 Å². The van der Waals surface area contributed by atoms with Crippen molar-refractivity contribution >= 4 is 15.9 Å². The van der Waals surface area contributed by atoms with Gasteiger partial charge in [-0.25, -0.2) is 8.42 Å². The molecular formula is C22H29N3O3S. The molecule has 0 radical (unpaired) electrons. The Balaban J connectivity index is 1.52. The van der Waals surface area contributed by atoms with Gasteiger partial charge in [0.25, 0.3) is 5.91 Å². The summed E-state index contributed by atoms with van der Waals surface area (Å²) in [5, 5.41) is 2.92. The number of nitrogens with zero attached hydrogens (tertiary/aromatic N) is 2. The Morgan fingerprint density at radius 3 is 2.17 bits per heavy atom. The normalized spacial score (nSPS) is 16.1. The summed E-state index contributed by atoms with van der Waals surface area (Å²) in [6.45, 7) is 7.86. The van der Waals surface area contributed by atoms with Gasteiger partial charge in [0.2, 0.25) is 10.0 Å². The summed E-state index contributed by atoms with van der Waals surface area (Å²) in [7, 11) is -3.42. The van der Waals surface area contributed by atoms with Gasteiger partial charge in [-0.3, -0.25) is 9.69 Å². The first-order chi connectivity index (χ1) is 13.9. The van der Waals surface area contributed by atoms with Gasteiger partial charge in [0, 0.05) is 44.8 Å². The zero-order chi connectivity index (χ0) is 20.9. The van der Waals surface area contributed by atoms with Crippen molar-refractivity contribution in [2.24, 2.45) is 5.92 Å². The van der Waals surface area contributed by atoms with Crippen molar-refractivity contribution in [2.75, 3.05) is 32.7 Å². The van der Waals surface area contributed by atoms with E-state index in [0.29, 0.717) is 49.1 Å². The van der Waals surface area contributed by atoms with Gasteiger partial charge in [-0.1, -0.05) is 44.2 Å². The smallest absolute Gasteiger partial charge is 0.251 e. The molecule has 1 aliphatic rings. The molecule has 1 saturated heterocycles. The Morgan fingerprint density at radius 1 is 0.966 bits per heavy atom. The molecule has 1 N–H and O–H groups in total. The van der Waals surface area contributed by atoms with Gasteiger partial charge in [0.05, 0.1) is 4.90 Å². The van der Waals surface area contributed by atoms with Crippen LogP contribution in [0, 0.1) is 5.92 Å². The number of sulfonamides is 1. The van der Waals surface area contributed by atoms with E-state index >= 15 is 0 Å². The predicted octanol–water partition coefficient (Wildman–Crippen LogP) is 2.58. The Morgan fingerprint density at radius 2 is 1.59 bits per heavy atom. The van der Waals surface area contributed by atoms with Crippen LogP contribution in [-0.2, 0) is 16.6 Å². The maximum atomic E-state index is 12.7. The van der Waals surface area contributed by atoms with E-state index < -0.39 is 10.0 Å². The first-order valence-corrected chi connectivity index (χ1v) is 11.4. The fourth-order valence-corrected chi connectivity index (χ4v) is 4.73. The molecular weight excluding hydrogens is 386 g/mol. The van der Waals surface area contributed by atoms with E-state index in [1.54, 1.807) is 28.6 Å². The van der Waals surface area contributed by atoms with Gasteiger partial charge in [-0.15, -0.1) is 0 Å². The van der Waals surface area contributed by atoms with Crippen LogP contribution in [0.3, 0.4) is 0 Å². The van der Waals surface area contributed by atoms with Crippen molar-refractivity contribution in [3.05, 3.63) is 65.7 Å². The summed E-state index contributed by atoms with van der Waals surface area (Å²) in [4.78, 5) is 14.7. The molecule has 156 valence electrons. The van der Waals surface area contributed by atoms with E-state index in [1.165, 1.54) is 0 Å². The van der Waals surface area contributed by atoms with Crippen molar-refractivity contribution in [3.8, 4) is 0 Å². The third-order valence-electron chi connectivity index (χ3n) is 5.01. The maximum Gasteiger partial charge on any atom is 0.251 e. The monoisotopic (exact) mass is 415 g/mol. The minimum atomic E-state index is -3.42. The Hall–Kier alpha value is -2.22. The number of hydrogen-bond donors (Lipinski definition) is 1. The number of carbonyl (C=O) groups is 1. The highest BCUT2D eigenvalue weighted by molar-refractivity contribution is 7.89.